The van der Waals surface area contributed by atoms with E-state index in [1.807, 2.05) is 57.2 Å². The Balaban J connectivity index is 2.02. The Morgan fingerprint density at radius 1 is 0.500 bits per heavy atom. The van der Waals surface area contributed by atoms with Crippen LogP contribution in [0.3, 0.4) is 0 Å². The molecule has 158 valence electrons. The molecule has 0 aliphatic carbocycles. The fourth-order valence-electron chi connectivity index (χ4n) is 3.96. The van der Waals surface area contributed by atoms with E-state index in [-0.39, 0.29) is 29.0 Å². The molecule has 0 saturated heterocycles. The molecule has 0 aliphatic rings. The zero-order valence-corrected chi connectivity index (χ0v) is 18.9. The van der Waals surface area contributed by atoms with Gasteiger partial charge in [-0.2, -0.15) is 0 Å². The Labute approximate surface area is 187 Å². The highest BCUT2D eigenvalue weighted by atomic mass is 35.5. The maximum atomic E-state index is 11.0. The van der Waals surface area contributed by atoms with Crippen LogP contribution in [0.15, 0.2) is 36.4 Å². The third kappa shape index (κ3) is 4.69. The van der Waals surface area contributed by atoms with Crippen molar-refractivity contribution in [2.75, 3.05) is 0 Å². The van der Waals surface area contributed by atoms with Crippen molar-refractivity contribution in [3.05, 3.63) is 86.5 Å². The molecule has 0 aliphatic heterocycles. The second kappa shape index (κ2) is 9.20. The number of halogens is 2. The van der Waals surface area contributed by atoms with Crippen molar-refractivity contribution in [1.82, 2.24) is 0 Å². The van der Waals surface area contributed by atoms with Gasteiger partial charge >= 0.3 is 0 Å². The van der Waals surface area contributed by atoms with Crippen molar-refractivity contribution in [3.8, 4) is 17.2 Å². The highest BCUT2D eigenvalue weighted by Gasteiger charge is 2.16. The Bertz CT molecular complexity index is 1010. The number of rotatable bonds is 6. The van der Waals surface area contributed by atoms with Crippen molar-refractivity contribution in [3.63, 3.8) is 0 Å². The lowest BCUT2D eigenvalue weighted by Gasteiger charge is -2.16. The first-order valence-electron chi connectivity index (χ1n) is 9.79. The summed E-state index contributed by atoms with van der Waals surface area (Å²) >= 11 is 11.9. The van der Waals surface area contributed by atoms with Crippen LogP contribution >= 0.6 is 23.2 Å². The number of hydrogen-bond donors (Lipinski definition) is 3. The van der Waals surface area contributed by atoms with Gasteiger partial charge in [0.05, 0.1) is 11.8 Å². The first-order chi connectivity index (χ1) is 14.2. The Morgan fingerprint density at radius 2 is 0.733 bits per heavy atom. The van der Waals surface area contributed by atoms with Gasteiger partial charge in [-0.15, -0.1) is 23.2 Å². The lowest BCUT2D eigenvalue weighted by Crippen LogP contribution is -1.99. The topological polar surface area (TPSA) is 60.7 Å². The quantitative estimate of drug-likeness (QED) is 0.386. The summed E-state index contributed by atoms with van der Waals surface area (Å²) in [6, 6.07) is 11.4. The minimum atomic E-state index is 0.168. The van der Waals surface area contributed by atoms with Crippen LogP contribution in [0, 0.1) is 20.8 Å². The molecule has 0 fully saturated rings. The molecule has 3 nitrogen and oxygen atoms in total. The average Bonchev–Trinajstić information content (AvgIpc) is 2.70. The molecule has 0 saturated carbocycles. The first kappa shape index (κ1) is 22.3. The normalized spacial score (nSPS) is 11.1. The summed E-state index contributed by atoms with van der Waals surface area (Å²) in [5.41, 5.74) is 7.24. The van der Waals surface area contributed by atoms with Gasteiger partial charge in [0.2, 0.25) is 0 Å². The lowest BCUT2D eigenvalue weighted by molar-refractivity contribution is 0.454. The fraction of sp³-hybridized carbons (Fsp3) is 0.280. The molecule has 30 heavy (non-hydrogen) atoms. The summed E-state index contributed by atoms with van der Waals surface area (Å²) in [5, 5.41) is 32.1. The van der Waals surface area contributed by atoms with Crippen molar-refractivity contribution >= 4 is 23.2 Å². The molecule has 0 spiro atoms. The smallest absolute Gasteiger partial charge is 0.123 e. The van der Waals surface area contributed by atoms with Gasteiger partial charge in [-0.05, 0) is 43.0 Å². The van der Waals surface area contributed by atoms with E-state index in [0.717, 1.165) is 38.9 Å². The number of hydrogen-bond acceptors (Lipinski definition) is 3. The number of aryl methyl sites for hydroxylation is 3. The fourth-order valence-corrected chi connectivity index (χ4v) is 4.36. The highest BCUT2D eigenvalue weighted by Crippen LogP contribution is 2.35. The second-order valence-corrected chi connectivity index (χ2v) is 8.45. The Hall–Kier alpha value is -2.36. The first-order valence-corrected chi connectivity index (χ1v) is 10.9. The van der Waals surface area contributed by atoms with Crippen LogP contribution in [0.2, 0.25) is 0 Å². The number of aromatic hydroxyl groups is 3. The van der Waals surface area contributed by atoms with Crippen LogP contribution in [0.25, 0.3) is 0 Å². The zero-order valence-electron chi connectivity index (χ0n) is 17.4. The molecule has 3 rings (SSSR count). The lowest BCUT2D eigenvalue weighted by atomic mass is 9.92. The SMILES string of the molecule is Cc1cc(CCl)c(O)c(Cc2cc(C)cc(Cc3cc(C)cc(CCl)c3O)c2O)c1. The Kier molecular flexibility index (Phi) is 6.84. The van der Waals surface area contributed by atoms with E-state index < -0.39 is 0 Å². The average molecular weight is 445 g/mol. The van der Waals surface area contributed by atoms with Gasteiger partial charge in [0.15, 0.2) is 0 Å². The summed E-state index contributed by atoms with van der Waals surface area (Å²) in [6.45, 7) is 5.87. The summed E-state index contributed by atoms with van der Waals surface area (Å²) in [6.07, 6.45) is 0.759. The largest absolute Gasteiger partial charge is 0.507 e. The summed E-state index contributed by atoms with van der Waals surface area (Å²) in [4.78, 5) is 0. The van der Waals surface area contributed by atoms with Crippen molar-refractivity contribution in [1.29, 1.82) is 0 Å². The Morgan fingerprint density at radius 3 is 1.00 bits per heavy atom. The molecule has 0 heterocycles. The third-order valence-electron chi connectivity index (χ3n) is 5.29. The van der Waals surface area contributed by atoms with Gasteiger partial charge in [0.1, 0.15) is 17.2 Å². The van der Waals surface area contributed by atoms with Gasteiger partial charge in [-0.1, -0.05) is 53.1 Å². The van der Waals surface area contributed by atoms with Crippen LogP contribution in [0.1, 0.15) is 50.1 Å². The molecule has 3 N–H and O–H groups in total. The maximum Gasteiger partial charge on any atom is 0.123 e. The summed E-state index contributed by atoms with van der Waals surface area (Å²) < 4.78 is 0. The third-order valence-corrected chi connectivity index (χ3v) is 5.86. The van der Waals surface area contributed by atoms with Gasteiger partial charge in [0.25, 0.3) is 0 Å². The van der Waals surface area contributed by atoms with Gasteiger partial charge in [0, 0.05) is 24.0 Å². The van der Waals surface area contributed by atoms with Crippen LogP contribution in [0.5, 0.6) is 17.2 Å². The molecular formula is C25H26Cl2O3. The molecule has 0 atom stereocenters. The second-order valence-electron chi connectivity index (χ2n) is 7.92. The molecule has 5 heteroatoms. The molecule has 3 aromatic carbocycles. The van der Waals surface area contributed by atoms with Gasteiger partial charge in [-0.3, -0.25) is 0 Å². The predicted octanol–water partition coefficient (Wildman–Crippen LogP) is 6.39. The monoisotopic (exact) mass is 444 g/mol. The number of phenols is 3. The van der Waals surface area contributed by atoms with E-state index in [2.05, 4.69) is 0 Å². The molecule has 0 unspecified atom stereocenters. The number of phenolic OH excluding ortho intramolecular Hbond substituents is 3. The van der Waals surface area contributed by atoms with E-state index in [4.69, 9.17) is 23.2 Å². The van der Waals surface area contributed by atoms with Crippen LogP contribution in [-0.4, -0.2) is 15.3 Å². The number of benzene rings is 3. The standard InChI is InChI=1S/C25H26Cl2O3/c1-14-4-17(10-19-6-15(2)8-21(12-26)24(19)29)23(28)18(5-14)11-20-7-16(3)9-22(13-27)25(20)30/h4-9,28-30H,10-13H2,1-3H3. The van der Waals surface area contributed by atoms with E-state index in [1.165, 1.54) is 0 Å². The van der Waals surface area contributed by atoms with Crippen LogP contribution in [0.4, 0.5) is 0 Å². The molecule has 0 aromatic heterocycles. The van der Waals surface area contributed by atoms with Gasteiger partial charge < -0.3 is 15.3 Å². The van der Waals surface area contributed by atoms with E-state index >= 15 is 0 Å². The summed E-state index contributed by atoms with van der Waals surface area (Å²) in [5.74, 6) is 0.951. The molecule has 0 bridgehead atoms. The maximum absolute atomic E-state index is 11.0. The van der Waals surface area contributed by atoms with Crippen LogP contribution in [-0.2, 0) is 24.6 Å². The minimum absolute atomic E-state index is 0.168. The van der Waals surface area contributed by atoms with E-state index in [1.54, 1.807) is 0 Å². The molecule has 0 amide bonds. The predicted molar refractivity (Wildman–Crippen MR) is 123 cm³/mol. The van der Waals surface area contributed by atoms with E-state index in [9.17, 15) is 15.3 Å². The zero-order chi connectivity index (χ0) is 22.0. The summed E-state index contributed by atoms with van der Waals surface area (Å²) in [7, 11) is 0. The van der Waals surface area contributed by atoms with E-state index in [0.29, 0.717) is 24.0 Å². The van der Waals surface area contributed by atoms with Gasteiger partial charge in [-0.25, -0.2) is 0 Å². The minimum Gasteiger partial charge on any atom is -0.507 e. The van der Waals surface area contributed by atoms with Crippen LogP contribution < -0.4 is 0 Å². The van der Waals surface area contributed by atoms with Crippen molar-refractivity contribution in [2.45, 2.75) is 45.4 Å². The highest BCUT2D eigenvalue weighted by molar-refractivity contribution is 6.17. The van der Waals surface area contributed by atoms with Crippen molar-refractivity contribution in [2.24, 2.45) is 0 Å². The molecule has 0 radical (unpaired) electrons. The molecular weight excluding hydrogens is 419 g/mol. The molecule has 3 aromatic rings. The number of alkyl halides is 2. The van der Waals surface area contributed by atoms with Crippen molar-refractivity contribution < 1.29 is 15.3 Å².